The Morgan fingerprint density at radius 1 is 1.08 bits per heavy atom. The van der Waals surface area contributed by atoms with Gasteiger partial charge in [0.25, 0.3) is 5.91 Å². The quantitative estimate of drug-likeness (QED) is 0.308. The van der Waals surface area contributed by atoms with E-state index in [9.17, 15) is 13.2 Å². The van der Waals surface area contributed by atoms with E-state index < -0.39 is 10.0 Å². The van der Waals surface area contributed by atoms with E-state index in [0.717, 1.165) is 16.8 Å². The summed E-state index contributed by atoms with van der Waals surface area (Å²) >= 11 is 6.76. The average molecular weight is 569 g/mol. The van der Waals surface area contributed by atoms with Crippen LogP contribution in [0.3, 0.4) is 0 Å². The molecule has 0 saturated carbocycles. The second-order valence-electron chi connectivity index (χ2n) is 9.44. The third-order valence-corrected chi connectivity index (χ3v) is 9.50. The number of rotatable bonds is 7. The zero-order valence-electron chi connectivity index (χ0n) is 21.1. The number of nitrogens with zero attached hydrogens (tertiary/aromatic N) is 4. The Morgan fingerprint density at radius 3 is 2.42 bits per heavy atom. The molecule has 0 N–H and O–H groups in total. The summed E-state index contributed by atoms with van der Waals surface area (Å²) in [4.78, 5) is 15.5. The maximum atomic E-state index is 13.1. The monoisotopic (exact) mass is 568 g/mol. The molecule has 0 aliphatic carbocycles. The molecule has 3 aromatic rings. The third kappa shape index (κ3) is 5.48. The predicted molar refractivity (Wildman–Crippen MR) is 153 cm³/mol. The third-order valence-electron chi connectivity index (χ3n) is 6.21. The first-order valence-corrected chi connectivity index (χ1v) is 15.0. The molecule has 2 fully saturated rings. The molecule has 0 unspecified atom stereocenters. The molecule has 38 heavy (non-hydrogen) atoms. The first kappa shape index (κ1) is 26.8. The van der Waals surface area contributed by atoms with E-state index in [2.05, 4.69) is 0 Å². The summed E-state index contributed by atoms with van der Waals surface area (Å²) in [7, 11) is -3.61. The van der Waals surface area contributed by atoms with Crippen LogP contribution in [0.15, 0.2) is 70.6 Å². The molecule has 2 aliphatic rings. The molecule has 0 bridgehead atoms. The van der Waals surface area contributed by atoms with Gasteiger partial charge < -0.3 is 4.74 Å². The Hall–Kier alpha value is -2.83. The van der Waals surface area contributed by atoms with Crippen LogP contribution in [-0.4, -0.2) is 70.5 Å². The number of para-hydroxylation sites is 1. The highest BCUT2D eigenvalue weighted by molar-refractivity contribution is 8.26. The van der Waals surface area contributed by atoms with Crippen molar-refractivity contribution in [1.82, 2.24) is 19.0 Å². The van der Waals surface area contributed by atoms with Crippen molar-refractivity contribution in [2.75, 3.05) is 32.8 Å². The summed E-state index contributed by atoms with van der Waals surface area (Å²) in [5.74, 6) is 0.180. The molecule has 2 saturated heterocycles. The van der Waals surface area contributed by atoms with Crippen molar-refractivity contribution in [3.63, 3.8) is 0 Å². The van der Waals surface area contributed by atoms with Gasteiger partial charge in [0.2, 0.25) is 10.0 Å². The van der Waals surface area contributed by atoms with E-state index in [0.29, 0.717) is 53.7 Å². The van der Waals surface area contributed by atoms with Crippen molar-refractivity contribution in [2.24, 2.45) is 5.92 Å². The minimum Gasteiger partial charge on any atom is -0.379 e. The molecule has 0 atom stereocenters. The van der Waals surface area contributed by atoms with Crippen LogP contribution in [0.5, 0.6) is 0 Å². The van der Waals surface area contributed by atoms with Gasteiger partial charge in [-0.3, -0.25) is 9.69 Å². The largest absolute Gasteiger partial charge is 0.379 e. The van der Waals surface area contributed by atoms with Crippen LogP contribution < -0.4 is 0 Å². The van der Waals surface area contributed by atoms with Crippen LogP contribution >= 0.6 is 24.0 Å². The van der Waals surface area contributed by atoms with Gasteiger partial charge >= 0.3 is 0 Å². The highest BCUT2D eigenvalue weighted by atomic mass is 32.2. The van der Waals surface area contributed by atoms with Crippen molar-refractivity contribution in [3.05, 3.63) is 71.3 Å². The van der Waals surface area contributed by atoms with E-state index in [1.807, 2.05) is 56.5 Å². The minimum absolute atomic E-state index is 0.112. The normalized spacial score (nSPS) is 18.2. The van der Waals surface area contributed by atoms with Gasteiger partial charge in [0.05, 0.1) is 34.4 Å². The fourth-order valence-electron chi connectivity index (χ4n) is 4.31. The minimum atomic E-state index is -3.61. The van der Waals surface area contributed by atoms with Gasteiger partial charge in [-0.25, -0.2) is 13.1 Å². The summed E-state index contributed by atoms with van der Waals surface area (Å²) in [6.07, 6.45) is 3.69. The van der Waals surface area contributed by atoms with Gasteiger partial charge in [0.1, 0.15) is 4.32 Å². The smallest absolute Gasteiger partial charge is 0.266 e. The van der Waals surface area contributed by atoms with Crippen molar-refractivity contribution in [1.29, 1.82) is 0 Å². The number of sulfonamides is 1. The Kier molecular flexibility index (Phi) is 7.83. The molecule has 1 amide bonds. The van der Waals surface area contributed by atoms with Gasteiger partial charge in [-0.2, -0.15) is 9.40 Å². The standard InChI is InChI=1S/C27H28N4O4S3/c1-19(2)17-30-26(32)24(37-27(30)36)16-21-18-31(22-6-4-3-5-7-22)28-25(21)20-8-10-23(11-9-20)38(33,34)29-12-14-35-15-13-29/h3-11,16,18-19H,12-15,17H2,1-2H3. The molecule has 3 heterocycles. The Labute approximate surface area is 232 Å². The van der Waals surface area contributed by atoms with E-state index in [1.54, 1.807) is 33.8 Å². The number of ether oxygens (including phenoxy) is 1. The van der Waals surface area contributed by atoms with Crippen LogP contribution in [-0.2, 0) is 19.6 Å². The van der Waals surface area contributed by atoms with E-state index >= 15 is 0 Å². The maximum Gasteiger partial charge on any atom is 0.266 e. The molecule has 8 nitrogen and oxygen atoms in total. The fourth-order valence-corrected chi connectivity index (χ4v) is 6.99. The van der Waals surface area contributed by atoms with E-state index in [1.165, 1.54) is 16.1 Å². The molecule has 0 spiro atoms. The zero-order chi connectivity index (χ0) is 26.9. The Balaban J connectivity index is 1.52. The topological polar surface area (TPSA) is 84.7 Å². The van der Waals surface area contributed by atoms with E-state index in [4.69, 9.17) is 22.1 Å². The van der Waals surface area contributed by atoms with Crippen molar-refractivity contribution >= 4 is 50.3 Å². The first-order chi connectivity index (χ1) is 18.2. The number of amides is 1. The molecule has 198 valence electrons. The van der Waals surface area contributed by atoms with Crippen LogP contribution in [0, 0.1) is 5.92 Å². The van der Waals surface area contributed by atoms with Crippen LogP contribution in [0.25, 0.3) is 23.0 Å². The number of carbonyl (C=O) groups is 1. The lowest BCUT2D eigenvalue weighted by Crippen LogP contribution is -2.40. The molecule has 2 aromatic carbocycles. The molecular formula is C27H28N4O4S3. The number of carbonyl (C=O) groups excluding carboxylic acids is 1. The molecule has 0 radical (unpaired) electrons. The van der Waals surface area contributed by atoms with Crippen molar-refractivity contribution < 1.29 is 17.9 Å². The van der Waals surface area contributed by atoms with Crippen LogP contribution in [0.4, 0.5) is 0 Å². The summed E-state index contributed by atoms with van der Waals surface area (Å²) in [6.45, 7) is 6.12. The maximum absolute atomic E-state index is 13.1. The van der Waals surface area contributed by atoms with Crippen molar-refractivity contribution in [3.8, 4) is 16.9 Å². The Bertz CT molecular complexity index is 1480. The number of thiocarbonyl (C=S) groups is 1. The first-order valence-electron chi connectivity index (χ1n) is 12.3. The molecular weight excluding hydrogens is 541 g/mol. The van der Waals surface area contributed by atoms with E-state index in [-0.39, 0.29) is 10.8 Å². The summed E-state index contributed by atoms with van der Waals surface area (Å²) in [6, 6.07) is 16.4. The van der Waals surface area contributed by atoms with Gasteiger partial charge in [-0.1, -0.05) is 68.2 Å². The second-order valence-corrected chi connectivity index (χ2v) is 13.1. The number of hydrogen-bond donors (Lipinski definition) is 0. The second kappa shape index (κ2) is 11.1. The molecule has 1 aromatic heterocycles. The summed E-state index contributed by atoms with van der Waals surface area (Å²) in [5.41, 5.74) is 2.98. The highest BCUT2D eigenvalue weighted by Gasteiger charge is 2.33. The number of morpholine rings is 1. The number of hydrogen-bond acceptors (Lipinski definition) is 7. The zero-order valence-corrected chi connectivity index (χ0v) is 23.6. The SMILES string of the molecule is CC(C)CN1C(=O)C(=Cc2cn(-c3ccccc3)nc2-c2ccc(S(=O)(=O)N3CCOCC3)cc2)SC1=S. The lowest BCUT2D eigenvalue weighted by Gasteiger charge is -2.26. The number of benzene rings is 2. The highest BCUT2D eigenvalue weighted by Crippen LogP contribution is 2.35. The lowest BCUT2D eigenvalue weighted by molar-refractivity contribution is -0.122. The van der Waals surface area contributed by atoms with Gasteiger partial charge in [0.15, 0.2) is 0 Å². The molecule has 2 aliphatic heterocycles. The summed E-state index contributed by atoms with van der Waals surface area (Å²) < 4.78 is 35.2. The Morgan fingerprint density at radius 2 is 1.76 bits per heavy atom. The number of thioether (sulfide) groups is 1. The van der Waals surface area contributed by atoms with Crippen LogP contribution in [0.2, 0.25) is 0 Å². The van der Waals surface area contributed by atoms with Crippen LogP contribution in [0.1, 0.15) is 19.4 Å². The van der Waals surface area contributed by atoms with Gasteiger partial charge in [-0.05, 0) is 36.3 Å². The molecule has 11 heteroatoms. The fraction of sp³-hybridized carbons (Fsp3) is 0.296. The predicted octanol–water partition coefficient (Wildman–Crippen LogP) is 4.42. The lowest BCUT2D eigenvalue weighted by atomic mass is 10.1. The van der Waals surface area contributed by atoms with Gasteiger partial charge in [0, 0.05) is 37.0 Å². The summed E-state index contributed by atoms with van der Waals surface area (Å²) in [5, 5.41) is 4.81. The number of aromatic nitrogens is 2. The average Bonchev–Trinajstić information content (AvgIpc) is 3.46. The molecule has 5 rings (SSSR count). The van der Waals surface area contributed by atoms with Crippen molar-refractivity contribution in [2.45, 2.75) is 18.7 Å². The van der Waals surface area contributed by atoms with Gasteiger partial charge in [-0.15, -0.1) is 0 Å².